The molecule has 1 aromatic heterocycles. The van der Waals surface area contributed by atoms with Gasteiger partial charge in [-0.15, -0.1) is 13.2 Å². The number of carbonyl (C=O) groups is 1. The summed E-state index contributed by atoms with van der Waals surface area (Å²) >= 11 is 0. The van der Waals surface area contributed by atoms with E-state index in [9.17, 15) is 18.0 Å². The van der Waals surface area contributed by atoms with Crippen LogP contribution in [0.15, 0.2) is 30.5 Å². The Hall–Kier alpha value is -3.28. The van der Waals surface area contributed by atoms with Gasteiger partial charge in [0.2, 0.25) is 11.9 Å². The van der Waals surface area contributed by atoms with Crippen molar-refractivity contribution in [3.05, 3.63) is 36.0 Å². The Kier molecular flexibility index (Phi) is 8.15. The zero-order chi connectivity index (χ0) is 23.8. The van der Waals surface area contributed by atoms with Gasteiger partial charge in [0.15, 0.2) is 5.82 Å². The average Bonchev–Trinajstić information content (AvgIpc) is 2.76. The number of para-hydroxylation sites is 1. The van der Waals surface area contributed by atoms with Crippen molar-refractivity contribution < 1.29 is 22.7 Å². The minimum absolute atomic E-state index is 0.0396. The lowest BCUT2D eigenvalue weighted by atomic mass is 9.86. The summed E-state index contributed by atoms with van der Waals surface area (Å²) in [4.78, 5) is 19.3. The molecule has 1 fully saturated rings. The van der Waals surface area contributed by atoms with Gasteiger partial charge in [-0.25, -0.2) is 4.98 Å². The molecule has 0 atom stereocenters. The summed E-state index contributed by atoms with van der Waals surface area (Å²) < 4.78 is 41.9. The van der Waals surface area contributed by atoms with E-state index in [-0.39, 0.29) is 36.7 Å². The van der Waals surface area contributed by atoms with Gasteiger partial charge in [0.25, 0.3) is 0 Å². The number of nitrogen functional groups attached to an aromatic ring is 1. The SMILES string of the molecule is NC(=O)CN[C@H]1CC[C@H](CNc2nc(NCc3ccccc3OC(F)(F)F)ncc2N)CC1. The normalized spacial score (nSPS) is 18.5. The summed E-state index contributed by atoms with van der Waals surface area (Å²) in [5.41, 5.74) is 11.8. The third kappa shape index (κ3) is 7.97. The predicted molar refractivity (Wildman–Crippen MR) is 118 cm³/mol. The van der Waals surface area contributed by atoms with E-state index in [1.54, 1.807) is 6.07 Å². The van der Waals surface area contributed by atoms with Gasteiger partial charge in [-0.1, -0.05) is 18.2 Å². The molecule has 7 N–H and O–H groups in total. The molecule has 1 saturated carbocycles. The number of halogens is 3. The molecule has 180 valence electrons. The molecular weight excluding hydrogens is 439 g/mol. The molecule has 1 aromatic carbocycles. The van der Waals surface area contributed by atoms with Crippen LogP contribution in [-0.4, -0.2) is 41.4 Å². The highest BCUT2D eigenvalue weighted by molar-refractivity contribution is 5.75. The third-order valence-corrected chi connectivity index (χ3v) is 5.42. The molecule has 1 aliphatic carbocycles. The molecule has 12 heteroatoms. The number of hydrogen-bond donors (Lipinski definition) is 5. The zero-order valence-corrected chi connectivity index (χ0v) is 18.0. The molecule has 0 radical (unpaired) electrons. The number of amides is 1. The maximum Gasteiger partial charge on any atom is 0.573 e. The van der Waals surface area contributed by atoms with Gasteiger partial charge in [0, 0.05) is 24.7 Å². The standard InChI is InChI=1S/C21H28F3N7O2/c22-21(23,24)33-17-4-2-1-3-14(17)10-29-20-30-11-16(25)19(31-20)28-9-13-5-7-15(8-6-13)27-12-18(26)32/h1-4,11,13,15,27H,5-10,12,25H2,(H2,26,32)(H2,28,29,30,31)/t13-,15-. The molecule has 33 heavy (non-hydrogen) atoms. The van der Waals surface area contributed by atoms with Crippen molar-refractivity contribution in [3.8, 4) is 5.75 Å². The number of anilines is 3. The first-order chi connectivity index (χ1) is 15.7. The van der Waals surface area contributed by atoms with Crippen molar-refractivity contribution in [3.63, 3.8) is 0 Å². The Morgan fingerprint density at radius 3 is 2.58 bits per heavy atom. The minimum Gasteiger partial charge on any atom is -0.405 e. The number of ether oxygens (including phenoxy) is 1. The summed E-state index contributed by atoms with van der Waals surface area (Å²) in [6.45, 7) is 0.900. The van der Waals surface area contributed by atoms with Gasteiger partial charge >= 0.3 is 6.36 Å². The molecule has 2 aromatic rings. The largest absolute Gasteiger partial charge is 0.573 e. The molecule has 1 aliphatic rings. The summed E-state index contributed by atoms with van der Waals surface area (Å²) in [5.74, 6) is 0.467. The van der Waals surface area contributed by atoms with E-state index in [4.69, 9.17) is 11.5 Å². The molecule has 0 aliphatic heterocycles. The molecule has 0 bridgehead atoms. The quantitative estimate of drug-likeness (QED) is 0.359. The molecule has 0 unspecified atom stereocenters. The fourth-order valence-electron chi connectivity index (χ4n) is 3.72. The van der Waals surface area contributed by atoms with E-state index in [0.717, 1.165) is 25.7 Å². The fraction of sp³-hybridized carbons (Fsp3) is 0.476. The van der Waals surface area contributed by atoms with Gasteiger partial charge in [-0.2, -0.15) is 4.98 Å². The first kappa shape index (κ1) is 24.4. The average molecular weight is 467 g/mol. The van der Waals surface area contributed by atoms with E-state index in [1.807, 2.05) is 0 Å². The number of nitrogens with two attached hydrogens (primary N) is 2. The lowest BCUT2D eigenvalue weighted by Gasteiger charge is -2.29. The van der Waals surface area contributed by atoms with Crippen LogP contribution >= 0.6 is 0 Å². The Morgan fingerprint density at radius 1 is 1.15 bits per heavy atom. The number of hydrogen-bond acceptors (Lipinski definition) is 8. The highest BCUT2D eigenvalue weighted by atomic mass is 19.4. The lowest BCUT2D eigenvalue weighted by molar-refractivity contribution is -0.274. The molecule has 1 heterocycles. The third-order valence-electron chi connectivity index (χ3n) is 5.42. The predicted octanol–water partition coefficient (Wildman–Crippen LogP) is 2.62. The number of alkyl halides is 3. The monoisotopic (exact) mass is 467 g/mol. The number of carbonyl (C=O) groups excluding carboxylic acids is 1. The molecule has 9 nitrogen and oxygen atoms in total. The fourth-order valence-corrected chi connectivity index (χ4v) is 3.72. The van der Waals surface area contributed by atoms with Crippen molar-refractivity contribution in [1.29, 1.82) is 0 Å². The van der Waals surface area contributed by atoms with Crippen LogP contribution in [0.3, 0.4) is 0 Å². The number of aromatic nitrogens is 2. The van der Waals surface area contributed by atoms with Crippen molar-refractivity contribution >= 4 is 23.4 Å². The van der Waals surface area contributed by atoms with Crippen LogP contribution < -0.4 is 32.2 Å². The molecule has 1 amide bonds. The van der Waals surface area contributed by atoms with Crippen molar-refractivity contribution in [2.45, 2.75) is 44.6 Å². The van der Waals surface area contributed by atoms with E-state index in [1.165, 1.54) is 24.4 Å². The van der Waals surface area contributed by atoms with Gasteiger partial charge in [-0.05, 0) is 37.7 Å². The Morgan fingerprint density at radius 2 is 1.88 bits per heavy atom. The molecule has 0 saturated heterocycles. The minimum atomic E-state index is -4.78. The Bertz CT molecular complexity index is 934. The molecule has 3 rings (SSSR count). The van der Waals surface area contributed by atoms with E-state index in [2.05, 4.69) is 30.7 Å². The smallest absolute Gasteiger partial charge is 0.405 e. The van der Waals surface area contributed by atoms with Crippen molar-refractivity contribution in [2.24, 2.45) is 11.7 Å². The number of nitrogens with zero attached hydrogens (tertiary/aromatic N) is 2. The van der Waals surface area contributed by atoms with Gasteiger partial charge < -0.3 is 32.2 Å². The zero-order valence-electron chi connectivity index (χ0n) is 18.0. The van der Waals surface area contributed by atoms with E-state index >= 15 is 0 Å². The van der Waals surface area contributed by atoms with Crippen LogP contribution in [0, 0.1) is 5.92 Å². The second kappa shape index (κ2) is 11.0. The maximum atomic E-state index is 12.6. The van der Waals surface area contributed by atoms with Crippen LogP contribution in [0.1, 0.15) is 31.2 Å². The molecule has 0 spiro atoms. The Labute approximate surface area is 189 Å². The summed E-state index contributed by atoms with van der Waals surface area (Å²) in [6.07, 6.45) is 0.531. The molecular formula is C21H28F3N7O2. The topological polar surface area (TPSA) is 140 Å². The van der Waals surface area contributed by atoms with Gasteiger partial charge in [0.1, 0.15) is 5.75 Å². The highest BCUT2D eigenvalue weighted by Crippen LogP contribution is 2.28. The summed E-state index contributed by atoms with van der Waals surface area (Å²) in [7, 11) is 0. The second-order valence-electron chi connectivity index (χ2n) is 7.95. The van der Waals surface area contributed by atoms with Crippen LogP contribution in [0.5, 0.6) is 5.75 Å². The highest BCUT2D eigenvalue weighted by Gasteiger charge is 2.32. The van der Waals surface area contributed by atoms with Crippen LogP contribution in [-0.2, 0) is 11.3 Å². The summed E-state index contributed by atoms with van der Waals surface area (Å²) in [5, 5.41) is 9.32. The maximum absolute atomic E-state index is 12.6. The first-order valence-electron chi connectivity index (χ1n) is 10.6. The first-order valence-corrected chi connectivity index (χ1v) is 10.6. The Balaban J connectivity index is 1.52. The number of primary amides is 1. The van der Waals surface area contributed by atoms with E-state index in [0.29, 0.717) is 29.5 Å². The second-order valence-corrected chi connectivity index (χ2v) is 7.95. The van der Waals surface area contributed by atoms with Crippen LogP contribution in [0.2, 0.25) is 0 Å². The van der Waals surface area contributed by atoms with Crippen LogP contribution in [0.25, 0.3) is 0 Å². The van der Waals surface area contributed by atoms with Crippen molar-refractivity contribution in [2.75, 3.05) is 29.5 Å². The summed E-state index contributed by atoms with van der Waals surface area (Å²) in [6, 6.07) is 6.15. The number of benzene rings is 1. The van der Waals surface area contributed by atoms with E-state index < -0.39 is 6.36 Å². The number of nitrogens with one attached hydrogen (secondary N) is 3. The number of rotatable bonds is 10. The van der Waals surface area contributed by atoms with Crippen molar-refractivity contribution in [1.82, 2.24) is 15.3 Å². The van der Waals surface area contributed by atoms with Gasteiger partial charge in [0.05, 0.1) is 18.4 Å². The van der Waals surface area contributed by atoms with Crippen LogP contribution in [0.4, 0.5) is 30.6 Å². The van der Waals surface area contributed by atoms with Gasteiger partial charge in [-0.3, -0.25) is 4.79 Å². The lowest BCUT2D eigenvalue weighted by Crippen LogP contribution is -2.39.